The van der Waals surface area contributed by atoms with Gasteiger partial charge in [0.25, 0.3) is 0 Å². The van der Waals surface area contributed by atoms with Crippen LogP contribution < -0.4 is 15.5 Å². The molecule has 2 N–H and O–H groups in total. The molecule has 0 spiro atoms. The molecule has 1 aromatic heterocycles. The van der Waals surface area contributed by atoms with Crippen LogP contribution in [0, 0.1) is 5.92 Å². The van der Waals surface area contributed by atoms with Crippen LogP contribution in [0.5, 0.6) is 0 Å². The van der Waals surface area contributed by atoms with Crippen molar-refractivity contribution in [2.45, 2.75) is 31.7 Å². The smallest absolute Gasteiger partial charge is 0.244 e. The van der Waals surface area contributed by atoms with Crippen molar-refractivity contribution in [3.05, 3.63) is 72.3 Å². The molecular formula is C27H32N4O. The summed E-state index contributed by atoms with van der Waals surface area (Å²) in [6, 6.07) is 20.7. The van der Waals surface area contributed by atoms with Gasteiger partial charge >= 0.3 is 0 Å². The first-order chi connectivity index (χ1) is 15.6. The highest BCUT2D eigenvalue weighted by Crippen LogP contribution is 2.30. The van der Waals surface area contributed by atoms with Crippen molar-refractivity contribution in [1.82, 2.24) is 10.3 Å². The number of hydrogen-bond donors (Lipinski definition) is 2. The Balaban J connectivity index is 1.27. The minimum Gasteiger partial charge on any atom is -0.377 e. The van der Waals surface area contributed by atoms with Gasteiger partial charge in [-0.25, -0.2) is 4.98 Å². The molecule has 0 saturated heterocycles. The van der Waals surface area contributed by atoms with E-state index in [1.165, 1.54) is 11.1 Å². The molecule has 3 aromatic rings. The lowest BCUT2D eigenvalue weighted by Gasteiger charge is -2.30. The predicted molar refractivity (Wildman–Crippen MR) is 134 cm³/mol. The maximum Gasteiger partial charge on any atom is 0.244 e. The van der Waals surface area contributed by atoms with E-state index in [1.807, 2.05) is 42.5 Å². The van der Waals surface area contributed by atoms with Crippen molar-refractivity contribution in [3.8, 4) is 0 Å². The molecule has 1 aliphatic rings. The molecule has 1 amide bonds. The molecule has 1 heterocycles. The van der Waals surface area contributed by atoms with Crippen LogP contribution in [-0.2, 0) is 4.79 Å². The number of aromatic nitrogens is 1. The van der Waals surface area contributed by atoms with E-state index in [9.17, 15) is 4.79 Å². The molecule has 0 atom stereocenters. The average molecular weight is 429 g/mol. The number of amides is 1. The quantitative estimate of drug-likeness (QED) is 0.514. The predicted octanol–water partition coefficient (Wildman–Crippen LogP) is 5.10. The summed E-state index contributed by atoms with van der Waals surface area (Å²) in [5, 5.41) is 7.89. The van der Waals surface area contributed by atoms with E-state index in [1.54, 1.807) is 6.08 Å². The van der Waals surface area contributed by atoms with Crippen molar-refractivity contribution in [3.63, 3.8) is 0 Å². The molecular weight excluding hydrogens is 396 g/mol. The number of fused-ring (bicyclic) bond motifs is 1. The van der Waals surface area contributed by atoms with Gasteiger partial charge in [-0.15, -0.1) is 0 Å². The number of para-hydroxylation sites is 1. The third kappa shape index (κ3) is 5.67. The molecule has 2 aromatic carbocycles. The van der Waals surface area contributed by atoms with Crippen molar-refractivity contribution < 1.29 is 4.79 Å². The van der Waals surface area contributed by atoms with E-state index in [0.717, 1.165) is 49.1 Å². The fourth-order valence-electron chi connectivity index (χ4n) is 4.36. The van der Waals surface area contributed by atoms with Gasteiger partial charge in [0.1, 0.15) is 5.82 Å². The van der Waals surface area contributed by atoms with Gasteiger partial charge in [0.05, 0.1) is 5.52 Å². The second-order valence-corrected chi connectivity index (χ2v) is 8.79. The van der Waals surface area contributed by atoms with Gasteiger partial charge in [0.2, 0.25) is 5.91 Å². The lowest BCUT2D eigenvalue weighted by Crippen LogP contribution is -2.33. The van der Waals surface area contributed by atoms with Gasteiger partial charge in [0, 0.05) is 49.9 Å². The van der Waals surface area contributed by atoms with E-state index >= 15 is 0 Å². The van der Waals surface area contributed by atoms with Crippen LogP contribution in [0.25, 0.3) is 17.0 Å². The first kappa shape index (κ1) is 21.9. The zero-order valence-electron chi connectivity index (χ0n) is 18.9. The molecule has 4 rings (SSSR count). The van der Waals surface area contributed by atoms with Gasteiger partial charge in [-0.3, -0.25) is 4.79 Å². The number of pyridine rings is 1. The third-order valence-corrected chi connectivity index (χ3v) is 6.17. The summed E-state index contributed by atoms with van der Waals surface area (Å²) in [4.78, 5) is 19.1. The number of anilines is 2. The zero-order chi connectivity index (χ0) is 22.3. The van der Waals surface area contributed by atoms with Crippen LogP contribution in [0.1, 0.15) is 31.2 Å². The van der Waals surface area contributed by atoms with E-state index in [2.05, 4.69) is 53.9 Å². The highest BCUT2D eigenvalue weighted by atomic mass is 16.1. The van der Waals surface area contributed by atoms with Gasteiger partial charge in [-0.05, 0) is 49.3 Å². The molecule has 166 valence electrons. The second-order valence-electron chi connectivity index (χ2n) is 8.79. The van der Waals surface area contributed by atoms with Crippen LogP contribution in [0.2, 0.25) is 0 Å². The van der Waals surface area contributed by atoms with Gasteiger partial charge in [-0.1, -0.05) is 48.5 Å². The monoisotopic (exact) mass is 428 g/mol. The molecule has 0 radical (unpaired) electrons. The molecule has 0 unspecified atom stereocenters. The number of nitrogens with one attached hydrogen (secondary N) is 2. The van der Waals surface area contributed by atoms with Gasteiger partial charge < -0.3 is 15.5 Å². The largest absolute Gasteiger partial charge is 0.377 e. The summed E-state index contributed by atoms with van der Waals surface area (Å²) in [6.45, 7) is 0.740. The van der Waals surface area contributed by atoms with Crippen LogP contribution in [-0.4, -0.2) is 37.6 Å². The fourth-order valence-corrected chi connectivity index (χ4v) is 4.36. The van der Waals surface area contributed by atoms with Crippen molar-refractivity contribution in [1.29, 1.82) is 0 Å². The highest BCUT2D eigenvalue weighted by molar-refractivity contribution is 5.93. The van der Waals surface area contributed by atoms with Crippen molar-refractivity contribution in [2.75, 3.05) is 30.9 Å². The van der Waals surface area contributed by atoms with Crippen molar-refractivity contribution in [2.24, 2.45) is 5.92 Å². The van der Waals surface area contributed by atoms with E-state index in [4.69, 9.17) is 4.98 Å². The molecule has 1 saturated carbocycles. The number of nitrogens with zero attached hydrogens (tertiary/aromatic N) is 2. The maximum atomic E-state index is 12.1. The van der Waals surface area contributed by atoms with Crippen LogP contribution in [0.3, 0.4) is 0 Å². The van der Waals surface area contributed by atoms with E-state index in [-0.39, 0.29) is 5.91 Å². The van der Waals surface area contributed by atoms with Gasteiger partial charge in [0.15, 0.2) is 0 Å². The van der Waals surface area contributed by atoms with E-state index in [0.29, 0.717) is 12.0 Å². The Morgan fingerprint density at radius 2 is 1.75 bits per heavy atom. The van der Waals surface area contributed by atoms with Crippen LogP contribution >= 0.6 is 0 Å². The maximum absolute atomic E-state index is 12.1. The normalized spacial score (nSPS) is 18.6. The molecule has 5 nitrogen and oxygen atoms in total. The number of carbonyl (C=O) groups is 1. The third-order valence-electron chi connectivity index (χ3n) is 6.17. The van der Waals surface area contributed by atoms with E-state index < -0.39 is 0 Å². The fraction of sp³-hybridized carbons (Fsp3) is 0.333. The minimum atomic E-state index is -0.0225. The first-order valence-corrected chi connectivity index (χ1v) is 11.4. The Kier molecular flexibility index (Phi) is 7.05. The minimum absolute atomic E-state index is 0.0225. The zero-order valence-corrected chi connectivity index (χ0v) is 18.9. The molecule has 0 aliphatic heterocycles. The van der Waals surface area contributed by atoms with Crippen molar-refractivity contribution >= 4 is 34.4 Å². The molecule has 32 heavy (non-hydrogen) atoms. The molecule has 0 bridgehead atoms. The van der Waals surface area contributed by atoms with Gasteiger partial charge in [-0.2, -0.15) is 0 Å². The molecule has 5 heteroatoms. The number of benzene rings is 2. The standard InChI is InChI=1S/C27H32N4O/c1-31(2)25-18-26(30-24-11-7-6-10-23(24)25)29-22-15-12-21(13-16-22)19-28-27(32)17-14-20-8-4-3-5-9-20/h3-11,14,17-18,21-22H,12-13,15-16,19H2,1-2H3,(H,28,32)(H,29,30). The lowest BCUT2D eigenvalue weighted by molar-refractivity contribution is -0.116. The number of hydrogen-bond acceptors (Lipinski definition) is 4. The van der Waals surface area contributed by atoms with Crippen LogP contribution in [0.15, 0.2) is 66.7 Å². The number of rotatable bonds is 7. The highest BCUT2D eigenvalue weighted by Gasteiger charge is 2.22. The Morgan fingerprint density at radius 1 is 1.03 bits per heavy atom. The summed E-state index contributed by atoms with van der Waals surface area (Å²) >= 11 is 0. The summed E-state index contributed by atoms with van der Waals surface area (Å²) < 4.78 is 0. The second kappa shape index (κ2) is 10.3. The van der Waals surface area contributed by atoms with Crippen LogP contribution in [0.4, 0.5) is 11.5 Å². The number of carbonyl (C=O) groups excluding carboxylic acids is 1. The Morgan fingerprint density at radius 3 is 2.50 bits per heavy atom. The Bertz CT molecular complexity index is 1070. The average Bonchev–Trinajstić information content (AvgIpc) is 2.82. The Hall–Kier alpha value is -3.34. The summed E-state index contributed by atoms with van der Waals surface area (Å²) in [6.07, 6.45) is 7.87. The topological polar surface area (TPSA) is 57.3 Å². The summed E-state index contributed by atoms with van der Waals surface area (Å²) in [5.74, 6) is 1.45. The first-order valence-electron chi connectivity index (χ1n) is 11.4. The lowest BCUT2D eigenvalue weighted by atomic mass is 9.86. The SMILES string of the molecule is CN(C)c1cc(NC2CCC(CNC(=O)C=Cc3ccccc3)CC2)nc2ccccc12. The Labute approximate surface area is 190 Å². The molecule has 1 fully saturated rings. The summed E-state index contributed by atoms with van der Waals surface area (Å²) in [7, 11) is 4.14. The molecule has 1 aliphatic carbocycles. The summed E-state index contributed by atoms with van der Waals surface area (Å²) in [5.41, 5.74) is 3.23.